The van der Waals surface area contributed by atoms with E-state index in [0.29, 0.717) is 16.9 Å². The second-order valence-electron chi connectivity index (χ2n) is 5.45. The maximum atomic E-state index is 11.9. The SMILES string of the molecule is CS(=O)(=O)CCC1(C(N)=O)C=CC2=NCC(C(N)=O)=CC2=C1. The number of carbonyl (C=O) groups is 2. The van der Waals surface area contributed by atoms with Crippen LogP contribution in [0.4, 0.5) is 0 Å². The minimum Gasteiger partial charge on any atom is -0.369 e. The Labute approximate surface area is 128 Å². The molecule has 0 saturated heterocycles. The van der Waals surface area contributed by atoms with Crippen LogP contribution in [0.15, 0.2) is 40.4 Å². The Morgan fingerprint density at radius 1 is 1.36 bits per heavy atom. The zero-order chi connectivity index (χ0) is 16.5. The van der Waals surface area contributed by atoms with Gasteiger partial charge in [-0.2, -0.15) is 0 Å². The van der Waals surface area contributed by atoms with Crippen molar-refractivity contribution in [3.8, 4) is 0 Å². The molecule has 2 rings (SSSR count). The summed E-state index contributed by atoms with van der Waals surface area (Å²) in [5.74, 6) is -1.42. The molecule has 2 aliphatic rings. The largest absolute Gasteiger partial charge is 0.369 e. The molecule has 1 aliphatic carbocycles. The molecule has 2 amide bonds. The third-order valence-electron chi connectivity index (χ3n) is 3.66. The van der Waals surface area contributed by atoms with Crippen molar-refractivity contribution in [2.24, 2.45) is 21.9 Å². The molecule has 1 unspecified atom stereocenters. The number of allylic oxidation sites excluding steroid dienone is 3. The summed E-state index contributed by atoms with van der Waals surface area (Å²) in [4.78, 5) is 27.3. The summed E-state index contributed by atoms with van der Waals surface area (Å²) in [6, 6.07) is 0. The molecule has 22 heavy (non-hydrogen) atoms. The molecule has 118 valence electrons. The van der Waals surface area contributed by atoms with E-state index in [1.54, 1.807) is 24.3 Å². The fourth-order valence-electron chi connectivity index (χ4n) is 2.32. The highest BCUT2D eigenvalue weighted by atomic mass is 32.2. The van der Waals surface area contributed by atoms with Gasteiger partial charge in [-0.15, -0.1) is 0 Å². The summed E-state index contributed by atoms with van der Waals surface area (Å²) < 4.78 is 22.7. The normalized spacial score (nSPS) is 24.0. The molecule has 1 atom stereocenters. The van der Waals surface area contributed by atoms with Crippen molar-refractivity contribution in [1.82, 2.24) is 0 Å². The summed E-state index contributed by atoms with van der Waals surface area (Å²) >= 11 is 0. The van der Waals surface area contributed by atoms with Gasteiger partial charge in [0, 0.05) is 11.8 Å². The standard InChI is InChI=1S/C14H17N3O4S/c1-22(20,21)5-4-14(13(16)19)3-2-11-9(7-14)6-10(8-17-11)12(15)18/h2-3,6-7H,4-5,8H2,1H3,(H2,15,18)(H2,16,19). The van der Waals surface area contributed by atoms with Crippen LogP contribution in [-0.4, -0.2) is 44.5 Å². The first-order valence-electron chi connectivity index (χ1n) is 6.58. The van der Waals surface area contributed by atoms with Gasteiger partial charge < -0.3 is 11.5 Å². The highest BCUT2D eigenvalue weighted by molar-refractivity contribution is 7.90. The number of nitrogens with two attached hydrogens (primary N) is 2. The fraction of sp³-hybridized carbons (Fsp3) is 0.357. The number of rotatable bonds is 5. The van der Waals surface area contributed by atoms with Crippen LogP contribution in [0, 0.1) is 5.41 Å². The summed E-state index contributed by atoms with van der Waals surface area (Å²) in [6.07, 6.45) is 7.44. The highest BCUT2D eigenvalue weighted by Crippen LogP contribution is 2.33. The van der Waals surface area contributed by atoms with Crippen LogP contribution >= 0.6 is 0 Å². The van der Waals surface area contributed by atoms with E-state index < -0.39 is 27.1 Å². The van der Waals surface area contributed by atoms with Gasteiger partial charge in [-0.1, -0.05) is 12.2 Å². The average molecular weight is 323 g/mol. The molecule has 7 nitrogen and oxygen atoms in total. The van der Waals surface area contributed by atoms with Crippen LogP contribution in [-0.2, 0) is 19.4 Å². The quantitative estimate of drug-likeness (QED) is 0.689. The van der Waals surface area contributed by atoms with E-state index in [9.17, 15) is 18.0 Å². The molecule has 1 heterocycles. The Morgan fingerprint density at radius 3 is 2.59 bits per heavy atom. The molecule has 0 fully saturated rings. The first-order valence-corrected chi connectivity index (χ1v) is 8.64. The molecular formula is C14H17N3O4S. The van der Waals surface area contributed by atoms with Crippen molar-refractivity contribution in [3.05, 3.63) is 35.5 Å². The molecule has 0 aromatic carbocycles. The summed E-state index contributed by atoms with van der Waals surface area (Å²) in [7, 11) is -3.24. The van der Waals surface area contributed by atoms with E-state index in [1.807, 2.05) is 0 Å². The number of primary amides is 2. The van der Waals surface area contributed by atoms with Gasteiger partial charge in [0.2, 0.25) is 11.8 Å². The van der Waals surface area contributed by atoms with E-state index in [1.165, 1.54) is 0 Å². The van der Waals surface area contributed by atoms with E-state index in [-0.39, 0.29) is 18.7 Å². The first-order chi connectivity index (χ1) is 10.1. The topological polar surface area (TPSA) is 133 Å². The van der Waals surface area contributed by atoms with Crippen molar-refractivity contribution in [2.75, 3.05) is 18.6 Å². The lowest BCUT2D eigenvalue weighted by Crippen LogP contribution is -2.38. The third kappa shape index (κ3) is 3.33. The lowest BCUT2D eigenvalue weighted by Gasteiger charge is -2.28. The van der Waals surface area contributed by atoms with E-state index in [2.05, 4.69) is 4.99 Å². The van der Waals surface area contributed by atoms with Gasteiger partial charge in [-0.25, -0.2) is 8.42 Å². The lowest BCUT2D eigenvalue weighted by molar-refractivity contribution is -0.123. The molecule has 0 aromatic heterocycles. The van der Waals surface area contributed by atoms with E-state index in [4.69, 9.17) is 11.5 Å². The summed E-state index contributed by atoms with van der Waals surface area (Å²) in [6.45, 7) is 0.180. The van der Waals surface area contributed by atoms with Gasteiger partial charge >= 0.3 is 0 Å². The molecular weight excluding hydrogens is 306 g/mol. The zero-order valence-corrected chi connectivity index (χ0v) is 12.9. The third-order valence-corrected chi connectivity index (χ3v) is 4.60. The van der Waals surface area contributed by atoms with Crippen LogP contribution in [0.3, 0.4) is 0 Å². The maximum Gasteiger partial charge on any atom is 0.246 e. The van der Waals surface area contributed by atoms with Crippen molar-refractivity contribution in [3.63, 3.8) is 0 Å². The fourth-order valence-corrected chi connectivity index (χ4v) is 3.03. The zero-order valence-electron chi connectivity index (χ0n) is 12.1. The number of amides is 2. The van der Waals surface area contributed by atoms with Crippen LogP contribution in [0.25, 0.3) is 0 Å². The first kappa shape index (κ1) is 16.2. The number of sulfone groups is 1. The number of dihydropyridines is 1. The number of fused-ring (bicyclic) bond motifs is 1. The predicted molar refractivity (Wildman–Crippen MR) is 82.8 cm³/mol. The molecule has 0 saturated carbocycles. The van der Waals surface area contributed by atoms with Crippen LogP contribution < -0.4 is 11.5 Å². The molecule has 4 N–H and O–H groups in total. The van der Waals surface area contributed by atoms with Gasteiger partial charge in [-0.3, -0.25) is 14.6 Å². The van der Waals surface area contributed by atoms with E-state index in [0.717, 1.165) is 6.26 Å². The van der Waals surface area contributed by atoms with Gasteiger partial charge in [0.05, 0.1) is 23.4 Å². The monoisotopic (exact) mass is 323 g/mol. The Bertz CT molecular complexity index is 759. The molecule has 0 radical (unpaired) electrons. The Kier molecular flexibility index (Phi) is 4.06. The molecule has 0 aromatic rings. The highest BCUT2D eigenvalue weighted by Gasteiger charge is 2.36. The predicted octanol–water partition coefficient (Wildman–Crippen LogP) is -0.745. The van der Waals surface area contributed by atoms with Gasteiger partial charge in [0.15, 0.2) is 0 Å². The van der Waals surface area contributed by atoms with Crippen LogP contribution in [0.2, 0.25) is 0 Å². The Hall–Kier alpha value is -2.22. The van der Waals surface area contributed by atoms with Gasteiger partial charge in [-0.05, 0) is 24.1 Å². The summed E-state index contributed by atoms with van der Waals surface area (Å²) in [5, 5.41) is 0. The molecule has 0 bridgehead atoms. The van der Waals surface area contributed by atoms with Crippen LogP contribution in [0.1, 0.15) is 6.42 Å². The summed E-state index contributed by atoms with van der Waals surface area (Å²) in [5.41, 5.74) is 11.0. The number of hydrogen-bond acceptors (Lipinski definition) is 5. The number of aliphatic imine (C=N–C) groups is 1. The second-order valence-corrected chi connectivity index (χ2v) is 7.71. The van der Waals surface area contributed by atoms with Crippen molar-refractivity contribution >= 4 is 27.4 Å². The van der Waals surface area contributed by atoms with Crippen LogP contribution in [0.5, 0.6) is 0 Å². The minimum atomic E-state index is -3.24. The number of hydrogen-bond donors (Lipinski definition) is 2. The van der Waals surface area contributed by atoms with Crippen molar-refractivity contribution < 1.29 is 18.0 Å². The molecule has 8 heteroatoms. The maximum absolute atomic E-state index is 11.9. The average Bonchev–Trinajstić information content (AvgIpc) is 2.43. The number of nitrogens with zero attached hydrogens (tertiary/aromatic N) is 1. The van der Waals surface area contributed by atoms with Crippen molar-refractivity contribution in [2.45, 2.75) is 6.42 Å². The van der Waals surface area contributed by atoms with Gasteiger partial charge in [0.25, 0.3) is 0 Å². The Morgan fingerprint density at radius 2 is 2.05 bits per heavy atom. The molecule has 1 aliphatic heterocycles. The lowest BCUT2D eigenvalue weighted by atomic mass is 9.77. The second kappa shape index (κ2) is 5.53. The van der Waals surface area contributed by atoms with E-state index >= 15 is 0 Å². The molecule has 0 spiro atoms. The van der Waals surface area contributed by atoms with Crippen molar-refractivity contribution in [1.29, 1.82) is 0 Å². The Balaban J connectivity index is 2.41. The smallest absolute Gasteiger partial charge is 0.246 e. The van der Waals surface area contributed by atoms with Gasteiger partial charge in [0.1, 0.15) is 9.84 Å². The minimum absolute atomic E-state index is 0.0359. The number of carbonyl (C=O) groups excluding carboxylic acids is 2.